The number of nitrogens with zero attached hydrogens (tertiary/aromatic N) is 3. The van der Waals surface area contributed by atoms with Crippen LogP contribution in [0.5, 0.6) is 0 Å². The molecule has 4 heterocycles. The Morgan fingerprint density at radius 3 is 2.87 bits per heavy atom. The van der Waals surface area contributed by atoms with Crippen molar-refractivity contribution in [1.82, 2.24) is 25.1 Å². The summed E-state index contributed by atoms with van der Waals surface area (Å²) in [6.07, 6.45) is 3.37. The number of hydrogen-bond donors (Lipinski definition) is 3. The molecule has 154 valence electrons. The summed E-state index contributed by atoms with van der Waals surface area (Å²) < 4.78 is 13.5. The summed E-state index contributed by atoms with van der Waals surface area (Å²) in [5.74, 6) is 0.561. The van der Waals surface area contributed by atoms with Gasteiger partial charge in [0.15, 0.2) is 16.6 Å². The Labute approximate surface area is 176 Å². The van der Waals surface area contributed by atoms with Gasteiger partial charge in [0, 0.05) is 22.6 Å². The van der Waals surface area contributed by atoms with Crippen molar-refractivity contribution in [3.05, 3.63) is 41.7 Å². The van der Waals surface area contributed by atoms with Crippen LogP contribution in [0.1, 0.15) is 12.8 Å². The Bertz CT molecular complexity index is 1200. The smallest absolute Gasteiger partial charge is 0.227 e. The number of hydrogen-bond acceptors (Lipinski definition) is 5. The molecule has 1 amide bonds. The number of rotatable bonds is 4. The fourth-order valence-electron chi connectivity index (χ4n) is 3.87. The van der Waals surface area contributed by atoms with Crippen LogP contribution in [-0.2, 0) is 4.79 Å². The van der Waals surface area contributed by atoms with Crippen LogP contribution in [0.25, 0.3) is 33.0 Å². The number of H-pyrrole nitrogens is 2. The van der Waals surface area contributed by atoms with Crippen molar-refractivity contribution in [2.24, 2.45) is 5.92 Å². The number of likely N-dealkylation sites (tertiary alicyclic amines) is 1. The predicted molar refractivity (Wildman–Crippen MR) is 116 cm³/mol. The van der Waals surface area contributed by atoms with E-state index in [-0.39, 0.29) is 17.0 Å². The van der Waals surface area contributed by atoms with Crippen molar-refractivity contribution in [2.75, 3.05) is 25.5 Å². The molecule has 1 aliphatic rings. The largest absolute Gasteiger partial charge is 0.336 e. The molecule has 3 aromatic heterocycles. The average molecular weight is 425 g/mol. The normalized spacial score (nSPS) is 15.7. The molecule has 1 aromatic carbocycles. The first-order valence-corrected chi connectivity index (χ1v) is 10.7. The van der Waals surface area contributed by atoms with E-state index in [1.807, 2.05) is 18.2 Å². The highest BCUT2D eigenvalue weighted by molar-refractivity contribution is 7.14. The number of anilines is 1. The third-order valence-electron chi connectivity index (χ3n) is 5.56. The van der Waals surface area contributed by atoms with Gasteiger partial charge in [-0.2, -0.15) is 9.49 Å². The quantitative estimate of drug-likeness (QED) is 0.460. The maximum absolute atomic E-state index is 13.5. The third kappa shape index (κ3) is 3.50. The van der Waals surface area contributed by atoms with E-state index in [9.17, 15) is 9.18 Å². The standard InChI is InChI=1S/C21H21FN6OS/c1-28-9-7-12(8-10-28)21(29)25-15-11-23-27-19(15)20-24-14-4-2-3-13(18(14)26-20)16-5-6-17(22)30-16/h2-6,11-12H,7-10H2,1H3,(H,23,27)(H,24,26)(H,25,29). The number of amides is 1. The Morgan fingerprint density at radius 1 is 1.27 bits per heavy atom. The van der Waals surface area contributed by atoms with Gasteiger partial charge in [-0.1, -0.05) is 12.1 Å². The van der Waals surface area contributed by atoms with Gasteiger partial charge in [-0.15, -0.1) is 11.3 Å². The first-order chi connectivity index (χ1) is 14.6. The number of carbonyl (C=O) groups is 1. The molecule has 1 fully saturated rings. The van der Waals surface area contributed by atoms with Gasteiger partial charge in [0.05, 0.1) is 16.7 Å². The molecule has 1 aliphatic heterocycles. The lowest BCUT2D eigenvalue weighted by Gasteiger charge is -2.27. The number of piperidine rings is 1. The number of aromatic amines is 2. The van der Waals surface area contributed by atoms with E-state index in [0.717, 1.165) is 58.7 Å². The van der Waals surface area contributed by atoms with Crippen molar-refractivity contribution in [2.45, 2.75) is 12.8 Å². The second kappa shape index (κ2) is 7.66. The number of imidazole rings is 1. The summed E-state index contributed by atoms with van der Waals surface area (Å²) in [5.41, 5.74) is 3.57. The second-order valence-electron chi connectivity index (χ2n) is 7.61. The molecule has 7 nitrogen and oxygen atoms in total. The third-order valence-corrected chi connectivity index (χ3v) is 6.47. The highest BCUT2D eigenvalue weighted by Crippen LogP contribution is 2.34. The van der Waals surface area contributed by atoms with E-state index in [2.05, 4.69) is 32.4 Å². The molecule has 0 spiro atoms. The van der Waals surface area contributed by atoms with E-state index in [4.69, 9.17) is 4.98 Å². The molecule has 0 atom stereocenters. The summed E-state index contributed by atoms with van der Waals surface area (Å²) in [7, 11) is 2.07. The highest BCUT2D eigenvalue weighted by Gasteiger charge is 2.25. The number of nitrogens with one attached hydrogen (secondary N) is 3. The van der Waals surface area contributed by atoms with E-state index in [0.29, 0.717) is 17.2 Å². The van der Waals surface area contributed by atoms with Gasteiger partial charge in [-0.25, -0.2) is 4.98 Å². The zero-order valence-electron chi connectivity index (χ0n) is 16.4. The van der Waals surface area contributed by atoms with Crippen LogP contribution in [0, 0.1) is 11.0 Å². The number of halogens is 1. The van der Waals surface area contributed by atoms with Gasteiger partial charge < -0.3 is 15.2 Å². The van der Waals surface area contributed by atoms with Crippen molar-refractivity contribution >= 4 is 34.0 Å². The minimum absolute atomic E-state index is 0.0000455. The fraction of sp³-hybridized carbons (Fsp3) is 0.286. The van der Waals surface area contributed by atoms with E-state index in [1.54, 1.807) is 12.3 Å². The van der Waals surface area contributed by atoms with Gasteiger partial charge in [-0.05, 0) is 51.2 Å². The maximum Gasteiger partial charge on any atom is 0.227 e. The van der Waals surface area contributed by atoms with Gasteiger partial charge in [0.2, 0.25) is 5.91 Å². The molecule has 0 bridgehead atoms. The van der Waals surface area contributed by atoms with Crippen molar-refractivity contribution < 1.29 is 9.18 Å². The molecule has 0 unspecified atom stereocenters. The van der Waals surface area contributed by atoms with Crippen LogP contribution >= 0.6 is 11.3 Å². The van der Waals surface area contributed by atoms with Crippen LogP contribution < -0.4 is 5.32 Å². The summed E-state index contributed by atoms with van der Waals surface area (Å²) in [4.78, 5) is 23.8. The summed E-state index contributed by atoms with van der Waals surface area (Å²) >= 11 is 1.09. The molecule has 1 saturated heterocycles. The molecule has 4 aromatic rings. The van der Waals surface area contributed by atoms with Crippen LogP contribution in [0.4, 0.5) is 10.1 Å². The predicted octanol–water partition coefficient (Wildman–Crippen LogP) is 4.10. The fourth-order valence-corrected chi connectivity index (χ4v) is 4.63. The summed E-state index contributed by atoms with van der Waals surface area (Å²) in [6, 6.07) is 8.96. The Hall–Kier alpha value is -3.04. The van der Waals surface area contributed by atoms with Crippen molar-refractivity contribution in [1.29, 1.82) is 0 Å². The SMILES string of the molecule is CN1CCC(C(=O)Nc2c[nH]nc2-c2nc3c(-c4ccc(F)s4)cccc3[nH]2)CC1. The molecular formula is C21H21FN6OS. The van der Waals surface area contributed by atoms with Gasteiger partial charge in [-0.3, -0.25) is 9.89 Å². The summed E-state index contributed by atoms with van der Waals surface area (Å²) in [6.45, 7) is 1.85. The number of thiophene rings is 1. The summed E-state index contributed by atoms with van der Waals surface area (Å²) in [5, 5.41) is 9.90. The van der Waals surface area contributed by atoms with E-state index in [1.165, 1.54) is 6.07 Å². The van der Waals surface area contributed by atoms with E-state index < -0.39 is 0 Å². The number of para-hydroxylation sites is 1. The molecular weight excluding hydrogens is 403 g/mol. The minimum atomic E-state index is -0.232. The van der Waals surface area contributed by atoms with Gasteiger partial charge in [0.1, 0.15) is 0 Å². The number of fused-ring (bicyclic) bond motifs is 1. The van der Waals surface area contributed by atoms with Gasteiger partial charge >= 0.3 is 0 Å². The van der Waals surface area contributed by atoms with Gasteiger partial charge in [0.25, 0.3) is 0 Å². The topological polar surface area (TPSA) is 89.7 Å². The number of carbonyl (C=O) groups excluding carboxylic acids is 1. The molecule has 0 radical (unpaired) electrons. The molecule has 9 heteroatoms. The van der Waals surface area contributed by atoms with Crippen molar-refractivity contribution in [3.63, 3.8) is 0 Å². The first kappa shape index (κ1) is 19.0. The van der Waals surface area contributed by atoms with Crippen LogP contribution in [0.15, 0.2) is 36.5 Å². The van der Waals surface area contributed by atoms with Crippen LogP contribution in [-0.4, -0.2) is 51.1 Å². The Morgan fingerprint density at radius 2 is 2.10 bits per heavy atom. The highest BCUT2D eigenvalue weighted by atomic mass is 32.1. The molecule has 30 heavy (non-hydrogen) atoms. The monoisotopic (exact) mass is 424 g/mol. The van der Waals surface area contributed by atoms with Crippen LogP contribution in [0.2, 0.25) is 0 Å². The molecule has 5 rings (SSSR count). The molecule has 0 saturated carbocycles. The Kier molecular flexibility index (Phi) is 4.84. The Balaban J connectivity index is 1.44. The van der Waals surface area contributed by atoms with Crippen LogP contribution in [0.3, 0.4) is 0 Å². The lowest BCUT2D eigenvalue weighted by Crippen LogP contribution is -2.35. The molecule has 3 N–H and O–H groups in total. The van der Waals surface area contributed by atoms with E-state index >= 15 is 0 Å². The number of benzene rings is 1. The second-order valence-corrected chi connectivity index (χ2v) is 8.64. The first-order valence-electron chi connectivity index (χ1n) is 9.86. The minimum Gasteiger partial charge on any atom is -0.336 e. The van der Waals surface area contributed by atoms with Crippen molar-refractivity contribution in [3.8, 4) is 22.0 Å². The zero-order valence-corrected chi connectivity index (χ0v) is 17.2. The lowest BCUT2D eigenvalue weighted by atomic mass is 9.96. The average Bonchev–Trinajstić information content (AvgIpc) is 3.47. The molecule has 0 aliphatic carbocycles. The zero-order chi connectivity index (χ0) is 20.7. The maximum atomic E-state index is 13.5. The lowest BCUT2D eigenvalue weighted by molar-refractivity contribution is -0.121. The number of aromatic nitrogens is 4.